The van der Waals surface area contributed by atoms with Crippen LogP contribution in [0.1, 0.15) is 12.5 Å². The lowest BCUT2D eigenvalue weighted by Gasteiger charge is -2.13. The molecule has 1 aromatic carbocycles. The van der Waals surface area contributed by atoms with Gasteiger partial charge in [-0.1, -0.05) is 0 Å². The summed E-state index contributed by atoms with van der Waals surface area (Å²) in [6.07, 6.45) is 1.45. The second kappa shape index (κ2) is 6.34. The van der Waals surface area contributed by atoms with Gasteiger partial charge in [-0.25, -0.2) is 21.5 Å². The molecule has 10 heteroatoms. The van der Waals surface area contributed by atoms with Crippen molar-refractivity contribution in [1.82, 2.24) is 9.78 Å². The van der Waals surface area contributed by atoms with Crippen LogP contribution in [-0.2, 0) is 19.9 Å². The summed E-state index contributed by atoms with van der Waals surface area (Å²) in [6.45, 7) is 0. The smallest absolute Gasteiger partial charge is 0.230 e. The van der Waals surface area contributed by atoms with E-state index in [4.69, 9.17) is 4.74 Å². The Hall–Kier alpha value is -2.07. The number of aromatic nitrogens is 2. The van der Waals surface area contributed by atoms with Crippen LogP contribution in [0.4, 0.5) is 5.82 Å². The Bertz CT molecular complexity index is 979. The van der Waals surface area contributed by atoms with Gasteiger partial charge in [0.25, 0.3) is 0 Å². The van der Waals surface area contributed by atoms with Gasteiger partial charge in [0.1, 0.15) is 11.6 Å². The van der Waals surface area contributed by atoms with E-state index in [0.717, 1.165) is 11.8 Å². The number of methoxy groups -OCH3 is 1. The zero-order valence-corrected chi connectivity index (χ0v) is 15.5. The molecule has 1 fully saturated rings. The molecule has 1 saturated heterocycles. The fourth-order valence-corrected chi connectivity index (χ4v) is 5.03. The summed E-state index contributed by atoms with van der Waals surface area (Å²) >= 11 is 0. The third-order valence-electron chi connectivity index (χ3n) is 3.97. The summed E-state index contributed by atoms with van der Waals surface area (Å²) in [5.74, 6) is 0.984. The summed E-state index contributed by atoms with van der Waals surface area (Å²) in [5, 5.41) is 4.45. The predicted molar refractivity (Wildman–Crippen MR) is 95.0 cm³/mol. The second-order valence-corrected chi connectivity index (χ2v) is 10.00. The van der Waals surface area contributed by atoms with E-state index in [-0.39, 0.29) is 23.4 Å². The van der Waals surface area contributed by atoms with Crippen LogP contribution in [0.2, 0.25) is 0 Å². The Morgan fingerprint density at radius 1 is 1.28 bits per heavy atom. The van der Waals surface area contributed by atoms with Crippen molar-refractivity contribution in [3.8, 4) is 17.0 Å². The summed E-state index contributed by atoms with van der Waals surface area (Å²) in [7, 11) is -5.07. The van der Waals surface area contributed by atoms with Gasteiger partial charge in [-0.05, 0) is 30.7 Å². The quantitative estimate of drug-likeness (QED) is 0.831. The van der Waals surface area contributed by atoms with Crippen molar-refractivity contribution < 1.29 is 21.6 Å². The van der Waals surface area contributed by atoms with Crippen molar-refractivity contribution in [3.05, 3.63) is 30.3 Å². The molecule has 0 saturated carbocycles. The normalized spacial score (nSPS) is 19.7. The number of rotatable bonds is 5. The average molecular weight is 385 g/mol. The van der Waals surface area contributed by atoms with Gasteiger partial charge in [-0.2, -0.15) is 5.10 Å². The molecular formula is C15H19N3O5S2. The lowest BCUT2D eigenvalue weighted by molar-refractivity contribution is 0.415. The van der Waals surface area contributed by atoms with Crippen LogP contribution in [0.5, 0.6) is 5.75 Å². The molecule has 1 aliphatic heterocycles. The molecule has 1 aliphatic rings. The Balaban J connectivity index is 2.01. The Labute approximate surface area is 146 Å². The number of benzene rings is 1. The molecule has 1 atom stereocenters. The van der Waals surface area contributed by atoms with Crippen LogP contribution >= 0.6 is 0 Å². The average Bonchev–Trinajstić information content (AvgIpc) is 3.09. The molecule has 0 bridgehead atoms. The van der Waals surface area contributed by atoms with Gasteiger partial charge in [-0.15, -0.1) is 0 Å². The molecule has 8 nitrogen and oxygen atoms in total. The zero-order chi connectivity index (χ0) is 18.2. The van der Waals surface area contributed by atoms with Crippen LogP contribution in [0.3, 0.4) is 0 Å². The number of nitrogens with one attached hydrogen (secondary N) is 1. The first-order chi connectivity index (χ1) is 11.7. The van der Waals surface area contributed by atoms with Gasteiger partial charge in [0.15, 0.2) is 9.84 Å². The first-order valence-corrected chi connectivity index (χ1v) is 11.3. The largest absolute Gasteiger partial charge is 0.497 e. The highest BCUT2D eigenvalue weighted by molar-refractivity contribution is 7.92. The molecule has 136 valence electrons. The minimum absolute atomic E-state index is 0.0465. The summed E-state index contributed by atoms with van der Waals surface area (Å²) in [4.78, 5) is 0. The Kier molecular flexibility index (Phi) is 4.50. The van der Waals surface area contributed by atoms with Crippen molar-refractivity contribution >= 4 is 25.7 Å². The van der Waals surface area contributed by atoms with Crippen molar-refractivity contribution in [2.45, 2.75) is 12.5 Å². The van der Waals surface area contributed by atoms with E-state index in [1.807, 2.05) is 0 Å². The summed E-state index contributed by atoms with van der Waals surface area (Å²) in [6, 6.07) is 8.38. The lowest BCUT2D eigenvalue weighted by atomic mass is 10.1. The molecular weight excluding hydrogens is 366 g/mol. The number of sulfone groups is 1. The standard InChI is InChI=1S/C15H19N3O5S2/c1-23-13-5-3-11(4-6-13)14-9-15(17-24(2,19)20)18(16-14)12-7-8-25(21,22)10-12/h3-6,9,12,17H,7-8,10H2,1-2H3/t12-/m0/s1. The second-order valence-electron chi connectivity index (χ2n) is 6.02. The molecule has 1 N–H and O–H groups in total. The Morgan fingerprint density at radius 3 is 2.48 bits per heavy atom. The van der Waals surface area contributed by atoms with Crippen LogP contribution in [0.15, 0.2) is 30.3 Å². The number of hydrogen-bond acceptors (Lipinski definition) is 6. The highest BCUT2D eigenvalue weighted by Crippen LogP contribution is 2.31. The third kappa shape index (κ3) is 4.13. The monoisotopic (exact) mass is 385 g/mol. The van der Waals surface area contributed by atoms with E-state index in [0.29, 0.717) is 17.9 Å². The van der Waals surface area contributed by atoms with Gasteiger partial charge in [0.2, 0.25) is 10.0 Å². The molecule has 2 aromatic rings. The SMILES string of the molecule is COc1ccc(-c2cc(NS(C)(=O)=O)n([C@H]3CCS(=O)(=O)C3)n2)cc1. The maximum absolute atomic E-state index is 11.8. The molecule has 0 radical (unpaired) electrons. The third-order valence-corrected chi connectivity index (χ3v) is 6.30. The van der Waals surface area contributed by atoms with E-state index in [1.54, 1.807) is 37.4 Å². The molecule has 25 heavy (non-hydrogen) atoms. The fourth-order valence-electron chi connectivity index (χ4n) is 2.81. The number of nitrogens with zero attached hydrogens (tertiary/aromatic N) is 2. The van der Waals surface area contributed by atoms with E-state index >= 15 is 0 Å². The van der Waals surface area contributed by atoms with Gasteiger partial charge in [0.05, 0.1) is 36.6 Å². The van der Waals surface area contributed by atoms with Crippen LogP contribution < -0.4 is 9.46 Å². The van der Waals surface area contributed by atoms with Crippen molar-refractivity contribution in [2.24, 2.45) is 0 Å². The molecule has 3 rings (SSSR count). The fraction of sp³-hybridized carbons (Fsp3) is 0.400. The molecule has 0 unspecified atom stereocenters. The van der Waals surface area contributed by atoms with E-state index in [2.05, 4.69) is 9.82 Å². The van der Waals surface area contributed by atoms with Crippen molar-refractivity contribution in [3.63, 3.8) is 0 Å². The zero-order valence-electron chi connectivity index (χ0n) is 13.8. The van der Waals surface area contributed by atoms with Gasteiger partial charge in [0, 0.05) is 11.6 Å². The molecule has 0 aliphatic carbocycles. The number of hydrogen-bond donors (Lipinski definition) is 1. The van der Waals surface area contributed by atoms with Crippen LogP contribution in [0, 0.1) is 0 Å². The first-order valence-electron chi connectivity index (χ1n) is 7.59. The highest BCUT2D eigenvalue weighted by Gasteiger charge is 2.32. The molecule has 2 heterocycles. The molecule has 1 aromatic heterocycles. The minimum Gasteiger partial charge on any atom is -0.497 e. The van der Waals surface area contributed by atoms with Crippen molar-refractivity contribution in [1.29, 1.82) is 0 Å². The number of sulfonamides is 1. The summed E-state index contributed by atoms with van der Waals surface area (Å²) < 4.78 is 55.8. The predicted octanol–water partition coefficient (Wildman–Crippen LogP) is 1.29. The van der Waals surface area contributed by atoms with Gasteiger partial charge in [-0.3, -0.25) is 4.72 Å². The Morgan fingerprint density at radius 2 is 1.96 bits per heavy atom. The van der Waals surface area contributed by atoms with E-state index < -0.39 is 19.9 Å². The summed E-state index contributed by atoms with van der Waals surface area (Å²) in [5.41, 5.74) is 1.33. The van der Waals surface area contributed by atoms with Crippen LogP contribution in [-0.4, -0.2) is 51.5 Å². The van der Waals surface area contributed by atoms with Crippen molar-refractivity contribution in [2.75, 3.05) is 29.6 Å². The number of anilines is 1. The maximum Gasteiger partial charge on any atom is 0.230 e. The van der Waals surface area contributed by atoms with Gasteiger partial charge < -0.3 is 4.74 Å². The lowest BCUT2D eigenvalue weighted by Crippen LogP contribution is -2.18. The topological polar surface area (TPSA) is 107 Å². The first kappa shape index (κ1) is 17.7. The number of ether oxygens (including phenoxy) is 1. The van der Waals surface area contributed by atoms with E-state index in [9.17, 15) is 16.8 Å². The van der Waals surface area contributed by atoms with E-state index in [1.165, 1.54) is 4.68 Å². The van der Waals surface area contributed by atoms with Crippen LogP contribution in [0.25, 0.3) is 11.3 Å². The molecule has 0 spiro atoms. The minimum atomic E-state index is -3.52. The highest BCUT2D eigenvalue weighted by atomic mass is 32.2. The van der Waals surface area contributed by atoms with Gasteiger partial charge >= 0.3 is 0 Å². The maximum atomic E-state index is 11.8. The molecule has 0 amide bonds.